The van der Waals surface area contributed by atoms with E-state index in [1.807, 2.05) is 0 Å². The standard InChI is InChI=1S/C11H9N7O2/c12-11-15-8(16-18-11)9(19)14-7-3-1-2-6(4-7)10-17-13-5-20-10/h1-5H,(H,14,19)(H3,12,15,16,18). The minimum Gasteiger partial charge on any atom is -0.423 e. The van der Waals surface area contributed by atoms with Gasteiger partial charge in [0, 0.05) is 11.3 Å². The summed E-state index contributed by atoms with van der Waals surface area (Å²) < 4.78 is 5.09. The number of hydrogen-bond donors (Lipinski definition) is 3. The fourth-order valence-electron chi connectivity index (χ4n) is 1.60. The van der Waals surface area contributed by atoms with Crippen molar-refractivity contribution in [3.05, 3.63) is 36.5 Å². The van der Waals surface area contributed by atoms with E-state index in [9.17, 15) is 4.79 Å². The topological polar surface area (TPSA) is 136 Å². The molecule has 0 radical (unpaired) electrons. The molecule has 9 nitrogen and oxygen atoms in total. The third-order valence-corrected chi connectivity index (χ3v) is 2.45. The number of anilines is 2. The van der Waals surface area contributed by atoms with Gasteiger partial charge in [0.05, 0.1) is 0 Å². The Morgan fingerprint density at radius 1 is 1.40 bits per heavy atom. The predicted octanol–water partition coefficient (Wildman–Crippen LogP) is 0.689. The van der Waals surface area contributed by atoms with Gasteiger partial charge in [0.15, 0.2) is 0 Å². The van der Waals surface area contributed by atoms with Gasteiger partial charge in [-0.15, -0.1) is 15.3 Å². The number of aromatic amines is 1. The summed E-state index contributed by atoms with van der Waals surface area (Å²) in [6.07, 6.45) is 1.23. The molecule has 1 amide bonds. The van der Waals surface area contributed by atoms with Crippen LogP contribution in [0, 0.1) is 0 Å². The molecular formula is C11H9N7O2. The highest BCUT2D eigenvalue weighted by Gasteiger charge is 2.12. The van der Waals surface area contributed by atoms with E-state index in [4.69, 9.17) is 10.2 Å². The molecule has 0 spiro atoms. The fraction of sp³-hybridized carbons (Fsp3) is 0. The Labute approximate surface area is 112 Å². The van der Waals surface area contributed by atoms with Crippen LogP contribution in [0.25, 0.3) is 11.5 Å². The van der Waals surface area contributed by atoms with E-state index in [1.54, 1.807) is 24.3 Å². The fourth-order valence-corrected chi connectivity index (χ4v) is 1.60. The number of nitrogens with one attached hydrogen (secondary N) is 2. The van der Waals surface area contributed by atoms with Crippen LogP contribution >= 0.6 is 0 Å². The Hall–Kier alpha value is -3.23. The first-order valence-electron chi connectivity index (χ1n) is 5.58. The molecule has 0 unspecified atom stereocenters. The molecule has 0 atom stereocenters. The highest BCUT2D eigenvalue weighted by atomic mass is 16.4. The van der Waals surface area contributed by atoms with Gasteiger partial charge in [0.2, 0.25) is 24.1 Å². The molecule has 9 heteroatoms. The van der Waals surface area contributed by atoms with Gasteiger partial charge in [-0.25, -0.2) is 0 Å². The van der Waals surface area contributed by atoms with Crippen LogP contribution in [0.5, 0.6) is 0 Å². The Bertz CT molecular complexity index is 735. The maximum Gasteiger partial charge on any atom is 0.293 e. The smallest absolute Gasteiger partial charge is 0.293 e. The minimum atomic E-state index is -0.447. The van der Waals surface area contributed by atoms with E-state index in [0.717, 1.165) is 0 Å². The molecule has 3 rings (SSSR count). The lowest BCUT2D eigenvalue weighted by molar-refractivity contribution is 0.101. The van der Waals surface area contributed by atoms with Crippen molar-refractivity contribution in [2.75, 3.05) is 11.1 Å². The number of nitrogen functional groups attached to an aromatic ring is 1. The van der Waals surface area contributed by atoms with Crippen LogP contribution in [-0.4, -0.2) is 31.3 Å². The van der Waals surface area contributed by atoms with Crippen molar-refractivity contribution in [2.45, 2.75) is 0 Å². The van der Waals surface area contributed by atoms with Crippen LogP contribution in [0.2, 0.25) is 0 Å². The minimum absolute atomic E-state index is 0.00904. The van der Waals surface area contributed by atoms with Gasteiger partial charge in [-0.3, -0.25) is 9.89 Å². The summed E-state index contributed by atoms with van der Waals surface area (Å²) in [6.45, 7) is 0. The monoisotopic (exact) mass is 271 g/mol. The lowest BCUT2D eigenvalue weighted by atomic mass is 10.2. The van der Waals surface area contributed by atoms with Crippen molar-refractivity contribution in [1.82, 2.24) is 25.4 Å². The summed E-state index contributed by atoms with van der Waals surface area (Å²) >= 11 is 0. The first-order chi connectivity index (χ1) is 9.72. The molecule has 4 N–H and O–H groups in total. The Balaban J connectivity index is 1.81. The van der Waals surface area contributed by atoms with E-state index in [1.165, 1.54) is 6.39 Å². The highest BCUT2D eigenvalue weighted by molar-refractivity contribution is 6.01. The van der Waals surface area contributed by atoms with Gasteiger partial charge in [0.25, 0.3) is 5.91 Å². The van der Waals surface area contributed by atoms with E-state index in [0.29, 0.717) is 17.1 Å². The van der Waals surface area contributed by atoms with Crippen LogP contribution in [0.3, 0.4) is 0 Å². The molecule has 2 heterocycles. The third kappa shape index (κ3) is 2.32. The van der Waals surface area contributed by atoms with Gasteiger partial charge in [0.1, 0.15) is 0 Å². The maximum absolute atomic E-state index is 11.9. The van der Waals surface area contributed by atoms with Crippen LogP contribution in [0.15, 0.2) is 35.1 Å². The number of aromatic nitrogens is 5. The molecule has 100 valence electrons. The number of nitrogens with zero attached hydrogens (tertiary/aromatic N) is 4. The maximum atomic E-state index is 11.9. The highest BCUT2D eigenvalue weighted by Crippen LogP contribution is 2.20. The van der Waals surface area contributed by atoms with Gasteiger partial charge < -0.3 is 15.5 Å². The zero-order valence-electron chi connectivity index (χ0n) is 10.1. The quantitative estimate of drug-likeness (QED) is 0.637. The number of amides is 1. The normalized spacial score (nSPS) is 10.4. The van der Waals surface area contributed by atoms with Crippen LogP contribution in [-0.2, 0) is 0 Å². The van der Waals surface area contributed by atoms with Crippen LogP contribution in [0.4, 0.5) is 11.6 Å². The zero-order valence-corrected chi connectivity index (χ0v) is 10.1. The molecule has 0 bridgehead atoms. The number of nitrogens with two attached hydrogens (primary N) is 1. The van der Waals surface area contributed by atoms with Crippen molar-refractivity contribution in [3.63, 3.8) is 0 Å². The number of H-pyrrole nitrogens is 1. The summed E-state index contributed by atoms with van der Waals surface area (Å²) in [5.41, 5.74) is 6.59. The molecule has 1 aromatic carbocycles. The van der Waals surface area contributed by atoms with Crippen LogP contribution < -0.4 is 11.1 Å². The predicted molar refractivity (Wildman–Crippen MR) is 68.5 cm³/mol. The van der Waals surface area contributed by atoms with E-state index in [-0.39, 0.29) is 11.8 Å². The molecule has 0 fully saturated rings. The Kier molecular flexibility index (Phi) is 2.84. The Morgan fingerprint density at radius 2 is 2.30 bits per heavy atom. The van der Waals surface area contributed by atoms with E-state index >= 15 is 0 Å². The molecule has 0 aliphatic carbocycles. The number of carbonyl (C=O) groups is 1. The van der Waals surface area contributed by atoms with Crippen molar-refractivity contribution in [1.29, 1.82) is 0 Å². The van der Waals surface area contributed by atoms with Crippen molar-refractivity contribution < 1.29 is 9.21 Å². The summed E-state index contributed by atoms with van der Waals surface area (Å²) in [4.78, 5) is 15.6. The van der Waals surface area contributed by atoms with Gasteiger partial charge >= 0.3 is 0 Å². The molecule has 0 aliphatic heterocycles. The molecule has 2 aromatic heterocycles. The molecule has 20 heavy (non-hydrogen) atoms. The summed E-state index contributed by atoms with van der Waals surface area (Å²) in [7, 11) is 0. The number of benzene rings is 1. The molecular weight excluding hydrogens is 262 g/mol. The third-order valence-electron chi connectivity index (χ3n) is 2.45. The lowest BCUT2D eigenvalue weighted by Gasteiger charge is -2.03. The number of carbonyl (C=O) groups excluding carboxylic acids is 1. The molecule has 0 aliphatic rings. The van der Waals surface area contributed by atoms with Crippen LogP contribution in [0.1, 0.15) is 10.6 Å². The summed E-state index contributed by atoms with van der Waals surface area (Å²) in [6, 6.07) is 6.96. The summed E-state index contributed by atoms with van der Waals surface area (Å²) in [5.74, 6) is -0.0395. The number of hydrogen-bond acceptors (Lipinski definition) is 7. The van der Waals surface area contributed by atoms with E-state index < -0.39 is 5.91 Å². The van der Waals surface area contributed by atoms with Crippen molar-refractivity contribution in [3.8, 4) is 11.5 Å². The number of rotatable bonds is 3. The zero-order chi connectivity index (χ0) is 13.9. The second-order valence-electron chi connectivity index (χ2n) is 3.82. The lowest BCUT2D eigenvalue weighted by Crippen LogP contribution is -2.13. The SMILES string of the molecule is Nc1n[nH]c(C(=O)Nc2cccc(-c3nnco3)c2)n1. The molecule has 3 aromatic rings. The second kappa shape index (κ2) is 4.80. The van der Waals surface area contributed by atoms with Crippen molar-refractivity contribution >= 4 is 17.5 Å². The average molecular weight is 271 g/mol. The molecule has 0 saturated heterocycles. The second-order valence-corrected chi connectivity index (χ2v) is 3.82. The average Bonchev–Trinajstić information content (AvgIpc) is 3.10. The van der Waals surface area contributed by atoms with Gasteiger partial charge in [-0.2, -0.15) is 4.98 Å². The van der Waals surface area contributed by atoms with E-state index in [2.05, 4.69) is 30.7 Å². The van der Waals surface area contributed by atoms with Gasteiger partial charge in [-0.05, 0) is 18.2 Å². The Morgan fingerprint density at radius 3 is 3.00 bits per heavy atom. The first-order valence-corrected chi connectivity index (χ1v) is 5.58. The van der Waals surface area contributed by atoms with Gasteiger partial charge in [-0.1, -0.05) is 6.07 Å². The molecule has 0 saturated carbocycles. The van der Waals surface area contributed by atoms with Crippen molar-refractivity contribution in [2.24, 2.45) is 0 Å². The first kappa shape index (κ1) is 11.8. The largest absolute Gasteiger partial charge is 0.423 e. The summed E-state index contributed by atoms with van der Waals surface area (Å²) in [5, 5.41) is 16.1.